The summed E-state index contributed by atoms with van der Waals surface area (Å²) in [6.07, 6.45) is 5.35. The molecule has 0 aromatic rings. The Morgan fingerprint density at radius 3 is 2.78 bits per heavy atom. The molecule has 2 atom stereocenters. The van der Waals surface area contributed by atoms with Gasteiger partial charge in [0.25, 0.3) is 0 Å². The normalized spacial score (nSPS) is 16.4. The number of hydrogen-bond donors (Lipinski definition) is 4. The van der Waals surface area contributed by atoms with E-state index in [4.69, 9.17) is 17.3 Å². The van der Waals surface area contributed by atoms with E-state index in [1.54, 1.807) is 24.6 Å². The third-order valence-corrected chi connectivity index (χ3v) is 4.21. The number of hydrogen-bond acceptors (Lipinski definition) is 3. The van der Waals surface area contributed by atoms with Crippen molar-refractivity contribution in [2.24, 2.45) is 10.5 Å². The Kier molecular flexibility index (Phi) is 9.45. The van der Waals surface area contributed by atoms with Crippen LogP contribution in [0.15, 0.2) is 17.8 Å². The van der Waals surface area contributed by atoms with Crippen molar-refractivity contribution in [3.05, 3.63) is 12.8 Å². The Hall–Kier alpha value is -0.300. The van der Waals surface area contributed by atoms with E-state index in [-0.39, 0.29) is 6.17 Å². The lowest BCUT2D eigenvalue weighted by Crippen LogP contribution is -2.48. The first kappa shape index (κ1) is 17.7. The Morgan fingerprint density at radius 1 is 1.61 bits per heavy atom. The number of unbranched alkanes of at least 4 members (excludes halogenated alkanes) is 1. The Bertz CT molecular complexity index is 309. The van der Waals surface area contributed by atoms with E-state index >= 15 is 0 Å². The molecular weight excluding hydrogens is 267 g/mol. The van der Waals surface area contributed by atoms with Gasteiger partial charge < -0.3 is 0 Å². The van der Waals surface area contributed by atoms with Crippen molar-refractivity contribution in [3.8, 4) is 0 Å². The summed E-state index contributed by atoms with van der Waals surface area (Å²) >= 11 is 5.34. The Labute approximate surface area is 115 Å². The van der Waals surface area contributed by atoms with Crippen LogP contribution in [0.2, 0.25) is 0 Å². The van der Waals surface area contributed by atoms with Crippen LogP contribution in [0.25, 0.3) is 0 Å². The van der Waals surface area contributed by atoms with E-state index in [0.29, 0.717) is 0 Å². The standard InChI is InChI=1S/C10H25N6PS/c1-5-7-8-13-17(11,18)15-10(3)14-16(6-2)9-12-4/h6,9-10,14H,2,5,7-8H2,1,3-4H3,(H4,11,13,15,18). The monoisotopic (exact) mass is 292 g/mol. The maximum absolute atomic E-state index is 6.04. The summed E-state index contributed by atoms with van der Waals surface area (Å²) in [5, 5.41) is 8.01. The lowest BCUT2D eigenvalue weighted by atomic mass is 10.3. The second-order valence-electron chi connectivity index (χ2n) is 3.86. The summed E-state index contributed by atoms with van der Waals surface area (Å²) in [6.45, 7) is 6.38. The van der Waals surface area contributed by atoms with Gasteiger partial charge in [-0.25, -0.2) is 10.5 Å². The van der Waals surface area contributed by atoms with Crippen LogP contribution in [0.4, 0.5) is 0 Å². The summed E-state index contributed by atoms with van der Waals surface area (Å²) in [7, 11) is 1.69. The van der Waals surface area contributed by atoms with Gasteiger partial charge in [-0.15, -0.1) is 0 Å². The van der Waals surface area contributed by atoms with Crippen LogP contribution in [0, 0.1) is 0 Å². The molecule has 0 aliphatic carbocycles. The van der Waals surface area contributed by atoms with Crippen LogP contribution >= 0.6 is 6.49 Å². The fourth-order valence-corrected chi connectivity index (χ4v) is 3.23. The summed E-state index contributed by atoms with van der Waals surface area (Å²) in [5.74, 6) is 0. The molecule has 106 valence electrons. The number of hydrazine groups is 1. The molecule has 0 saturated heterocycles. The number of nitrogens with one attached hydrogen (secondary N) is 3. The van der Waals surface area contributed by atoms with Crippen LogP contribution in [0.3, 0.4) is 0 Å². The number of rotatable bonds is 10. The SMILES string of the molecule is C=CN(C=NC)NC(C)NP(N)(=S)NCCCC. The quantitative estimate of drug-likeness (QED) is 0.121. The molecule has 0 heterocycles. The minimum Gasteiger partial charge on any atom is -0.279 e. The molecule has 2 unspecified atom stereocenters. The second-order valence-corrected chi connectivity index (χ2v) is 7.48. The molecule has 8 heteroatoms. The highest BCUT2D eigenvalue weighted by atomic mass is 32.4. The first-order chi connectivity index (χ1) is 8.45. The van der Waals surface area contributed by atoms with Crippen molar-refractivity contribution in [1.82, 2.24) is 20.6 Å². The molecule has 0 aromatic carbocycles. The average Bonchev–Trinajstić information content (AvgIpc) is 2.27. The van der Waals surface area contributed by atoms with Gasteiger partial charge in [-0.1, -0.05) is 19.9 Å². The van der Waals surface area contributed by atoms with Crippen molar-refractivity contribution in [3.63, 3.8) is 0 Å². The van der Waals surface area contributed by atoms with Gasteiger partial charge in [-0.3, -0.25) is 20.6 Å². The zero-order valence-corrected chi connectivity index (χ0v) is 13.1. The first-order valence-corrected chi connectivity index (χ1v) is 8.83. The minimum absolute atomic E-state index is 0.0778. The number of nitrogens with zero attached hydrogens (tertiary/aromatic N) is 2. The van der Waals surface area contributed by atoms with E-state index in [1.165, 1.54) is 0 Å². The molecule has 0 bridgehead atoms. The van der Waals surface area contributed by atoms with Gasteiger partial charge >= 0.3 is 0 Å². The zero-order chi connectivity index (χ0) is 14.0. The molecule has 18 heavy (non-hydrogen) atoms. The van der Waals surface area contributed by atoms with Gasteiger partial charge in [-0.2, -0.15) is 0 Å². The lowest BCUT2D eigenvalue weighted by molar-refractivity contribution is 0.344. The topological polar surface area (TPSA) is 77.7 Å². The third-order valence-electron chi connectivity index (χ3n) is 2.04. The van der Waals surface area contributed by atoms with Crippen molar-refractivity contribution in [2.75, 3.05) is 13.6 Å². The Balaban J connectivity index is 4.15. The maximum Gasteiger partial charge on any atom is 0.136 e. The van der Waals surface area contributed by atoms with Crippen molar-refractivity contribution >= 4 is 24.6 Å². The summed E-state index contributed by atoms with van der Waals surface area (Å²) in [4.78, 5) is 3.89. The van der Waals surface area contributed by atoms with E-state index < -0.39 is 6.49 Å². The number of nitrogens with two attached hydrogens (primary N) is 1. The van der Waals surface area contributed by atoms with Gasteiger partial charge in [0.05, 0.1) is 6.17 Å². The molecule has 0 spiro atoms. The third kappa shape index (κ3) is 8.74. The molecule has 0 rings (SSSR count). The van der Waals surface area contributed by atoms with Gasteiger partial charge in [0.1, 0.15) is 12.8 Å². The van der Waals surface area contributed by atoms with Crippen LogP contribution in [-0.4, -0.2) is 31.1 Å². The van der Waals surface area contributed by atoms with E-state index in [0.717, 1.165) is 19.4 Å². The highest BCUT2D eigenvalue weighted by Crippen LogP contribution is 2.25. The number of aliphatic imine (C=N–C) groups is 1. The second kappa shape index (κ2) is 9.61. The van der Waals surface area contributed by atoms with Crippen molar-refractivity contribution in [1.29, 1.82) is 0 Å². The van der Waals surface area contributed by atoms with Crippen LogP contribution in [0.5, 0.6) is 0 Å². The van der Waals surface area contributed by atoms with Gasteiger partial charge in [0, 0.05) is 19.8 Å². The minimum atomic E-state index is -2.20. The lowest BCUT2D eigenvalue weighted by Gasteiger charge is -2.27. The summed E-state index contributed by atoms with van der Waals surface area (Å²) in [5.41, 5.74) is 9.15. The van der Waals surface area contributed by atoms with Crippen LogP contribution in [0.1, 0.15) is 26.7 Å². The van der Waals surface area contributed by atoms with E-state index in [1.807, 2.05) is 6.92 Å². The summed E-state index contributed by atoms with van der Waals surface area (Å²) < 4.78 is 0. The molecular formula is C10H25N6PS. The van der Waals surface area contributed by atoms with Crippen molar-refractivity contribution < 1.29 is 0 Å². The molecule has 0 aliphatic heterocycles. The molecule has 5 N–H and O–H groups in total. The fraction of sp³-hybridized carbons (Fsp3) is 0.700. The first-order valence-electron chi connectivity index (χ1n) is 5.96. The smallest absolute Gasteiger partial charge is 0.136 e. The molecule has 6 nitrogen and oxygen atoms in total. The van der Waals surface area contributed by atoms with Crippen LogP contribution in [-0.2, 0) is 11.8 Å². The molecule has 0 aliphatic rings. The molecule has 0 radical (unpaired) electrons. The fourth-order valence-electron chi connectivity index (χ4n) is 1.27. The largest absolute Gasteiger partial charge is 0.279 e. The van der Waals surface area contributed by atoms with E-state index in [2.05, 4.69) is 34.1 Å². The van der Waals surface area contributed by atoms with E-state index in [9.17, 15) is 0 Å². The molecule has 0 amide bonds. The van der Waals surface area contributed by atoms with Gasteiger partial charge in [0.2, 0.25) is 0 Å². The van der Waals surface area contributed by atoms with Gasteiger partial charge in [-0.05, 0) is 25.2 Å². The van der Waals surface area contributed by atoms with Gasteiger partial charge in [0.15, 0.2) is 0 Å². The molecule has 0 saturated carbocycles. The Morgan fingerprint density at radius 2 is 2.28 bits per heavy atom. The van der Waals surface area contributed by atoms with Crippen LogP contribution < -0.4 is 21.1 Å². The highest BCUT2D eigenvalue weighted by Gasteiger charge is 2.13. The molecule has 0 fully saturated rings. The molecule has 0 aromatic heterocycles. The zero-order valence-electron chi connectivity index (χ0n) is 11.4. The summed E-state index contributed by atoms with van der Waals surface area (Å²) in [6, 6.07) is 0. The average molecular weight is 292 g/mol. The maximum atomic E-state index is 6.04. The predicted molar refractivity (Wildman–Crippen MR) is 83.6 cm³/mol. The van der Waals surface area contributed by atoms with Crippen molar-refractivity contribution in [2.45, 2.75) is 32.9 Å². The predicted octanol–water partition coefficient (Wildman–Crippen LogP) is 1.10. The highest BCUT2D eigenvalue weighted by molar-refractivity contribution is 8.11.